The van der Waals surface area contributed by atoms with Gasteiger partial charge in [-0.3, -0.25) is 9.36 Å². The Labute approximate surface area is 152 Å². The highest BCUT2D eigenvalue weighted by atomic mass is 16.5. The van der Waals surface area contributed by atoms with Gasteiger partial charge in [0.05, 0.1) is 18.4 Å². The molecule has 0 aliphatic carbocycles. The van der Waals surface area contributed by atoms with Gasteiger partial charge in [0.1, 0.15) is 6.61 Å². The summed E-state index contributed by atoms with van der Waals surface area (Å²) in [5.41, 5.74) is 8.92. The van der Waals surface area contributed by atoms with E-state index in [1.807, 2.05) is 25.5 Å². The summed E-state index contributed by atoms with van der Waals surface area (Å²) in [7, 11) is 1.88. The average molecular weight is 353 g/mol. The molecule has 0 aromatic carbocycles. The number of nitrogens with two attached hydrogens (primary N) is 1. The highest BCUT2D eigenvalue weighted by molar-refractivity contribution is 5.65. The van der Waals surface area contributed by atoms with Crippen molar-refractivity contribution in [2.24, 2.45) is 7.05 Å². The highest BCUT2D eigenvalue weighted by Gasteiger charge is 2.16. The molecule has 136 valence electrons. The van der Waals surface area contributed by atoms with Gasteiger partial charge >= 0.3 is 0 Å². The minimum Gasteiger partial charge on any atom is -0.485 e. The van der Waals surface area contributed by atoms with Crippen molar-refractivity contribution >= 4 is 5.82 Å². The largest absolute Gasteiger partial charge is 0.485 e. The first-order valence-corrected chi connectivity index (χ1v) is 8.80. The standard InChI is InChI=1S/C18H23N7O/c1-24-10-13(7-22-24)12-26-17-6-14(8-21-18(17)19)15-9-23-25(11-15)16-2-4-20-5-3-16/h6-11,16,20H,2-5,12H2,1H3,(H2,19,21). The van der Waals surface area contributed by atoms with Gasteiger partial charge < -0.3 is 15.8 Å². The van der Waals surface area contributed by atoms with E-state index >= 15 is 0 Å². The first-order valence-electron chi connectivity index (χ1n) is 8.80. The van der Waals surface area contributed by atoms with Crippen molar-refractivity contribution in [1.29, 1.82) is 0 Å². The van der Waals surface area contributed by atoms with Gasteiger partial charge in [0.15, 0.2) is 11.6 Å². The summed E-state index contributed by atoms with van der Waals surface area (Å²) in [5.74, 6) is 0.948. The van der Waals surface area contributed by atoms with Crippen LogP contribution in [-0.4, -0.2) is 37.6 Å². The van der Waals surface area contributed by atoms with E-state index in [0.717, 1.165) is 42.6 Å². The maximum absolute atomic E-state index is 5.97. The molecule has 0 atom stereocenters. The van der Waals surface area contributed by atoms with Crippen LogP contribution in [0.15, 0.2) is 37.1 Å². The molecule has 0 spiro atoms. The van der Waals surface area contributed by atoms with Crippen LogP contribution in [0.25, 0.3) is 11.1 Å². The quantitative estimate of drug-likeness (QED) is 0.726. The first-order chi connectivity index (χ1) is 12.7. The number of nitrogen functional groups attached to an aromatic ring is 1. The van der Waals surface area contributed by atoms with Crippen molar-refractivity contribution in [3.63, 3.8) is 0 Å². The van der Waals surface area contributed by atoms with Crippen LogP contribution in [0.5, 0.6) is 5.75 Å². The van der Waals surface area contributed by atoms with Crippen molar-refractivity contribution in [3.05, 3.63) is 42.6 Å². The summed E-state index contributed by atoms with van der Waals surface area (Å²) in [4.78, 5) is 4.28. The summed E-state index contributed by atoms with van der Waals surface area (Å²) < 4.78 is 9.65. The van der Waals surface area contributed by atoms with Gasteiger partial charge in [0, 0.05) is 42.3 Å². The molecule has 8 heteroatoms. The fourth-order valence-corrected chi connectivity index (χ4v) is 3.19. The number of hydrogen-bond donors (Lipinski definition) is 2. The number of nitrogens with one attached hydrogen (secondary N) is 1. The highest BCUT2D eigenvalue weighted by Crippen LogP contribution is 2.28. The Kier molecular flexibility index (Phi) is 4.57. The van der Waals surface area contributed by atoms with Crippen LogP contribution in [0.2, 0.25) is 0 Å². The van der Waals surface area contributed by atoms with E-state index in [-0.39, 0.29) is 0 Å². The van der Waals surface area contributed by atoms with Crippen LogP contribution in [0, 0.1) is 0 Å². The summed E-state index contributed by atoms with van der Waals surface area (Å²) in [6.45, 7) is 2.47. The van der Waals surface area contributed by atoms with Crippen molar-refractivity contribution in [2.45, 2.75) is 25.5 Å². The third kappa shape index (κ3) is 3.55. The number of pyridine rings is 1. The predicted molar refractivity (Wildman–Crippen MR) is 98.6 cm³/mol. The topological polar surface area (TPSA) is 95.8 Å². The Morgan fingerprint density at radius 3 is 2.77 bits per heavy atom. The summed E-state index contributed by atoms with van der Waals surface area (Å²) in [5, 5.41) is 12.1. The van der Waals surface area contributed by atoms with E-state index < -0.39 is 0 Å². The van der Waals surface area contributed by atoms with E-state index in [1.165, 1.54) is 0 Å². The van der Waals surface area contributed by atoms with Gasteiger partial charge in [-0.05, 0) is 32.0 Å². The normalized spacial score (nSPS) is 15.3. The summed E-state index contributed by atoms with van der Waals surface area (Å²) in [6, 6.07) is 2.37. The number of aromatic nitrogens is 5. The number of anilines is 1. The molecule has 0 unspecified atom stereocenters. The predicted octanol–water partition coefficient (Wildman–Crippen LogP) is 1.76. The number of aryl methyl sites for hydroxylation is 1. The van der Waals surface area contributed by atoms with E-state index in [4.69, 9.17) is 10.5 Å². The van der Waals surface area contributed by atoms with Gasteiger partial charge in [-0.2, -0.15) is 10.2 Å². The zero-order chi connectivity index (χ0) is 17.9. The van der Waals surface area contributed by atoms with Crippen molar-refractivity contribution in [1.82, 2.24) is 29.9 Å². The molecule has 1 fully saturated rings. The first kappa shape index (κ1) is 16.6. The fourth-order valence-electron chi connectivity index (χ4n) is 3.19. The average Bonchev–Trinajstić information content (AvgIpc) is 3.31. The zero-order valence-corrected chi connectivity index (χ0v) is 14.8. The molecule has 4 heterocycles. The zero-order valence-electron chi connectivity index (χ0n) is 14.8. The summed E-state index contributed by atoms with van der Waals surface area (Å²) in [6.07, 6.45) is 11.6. The van der Waals surface area contributed by atoms with Gasteiger partial charge in [-0.1, -0.05) is 0 Å². The molecule has 1 aliphatic heterocycles. The molecule has 1 aliphatic rings. The molecule has 3 aromatic rings. The maximum Gasteiger partial charge on any atom is 0.166 e. The van der Waals surface area contributed by atoms with E-state index in [0.29, 0.717) is 24.2 Å². The Bertz CT molecular complexity index is 879. The lowest BCUT2D eigenvalue weighted by atomic mass is 10.1. The second-order valence-electron chi connectivity index (χ2n) is 6.61. The molecule has 4 rings (SSSR count). The van der Waals surface area contributed by atoms with Gasteiger partial charge in [-0.15, -0.1) is 0 Å². The van der Waals surface area contributed by atoms with Crippen LogP contribution < -0.4 is 15.8 Å². The lowest BCUT2D eigenvalue weighted by Crippen LogP contribution is -2.29. The maximum atomic E-state index is 5.97. The van der Waals surface area contributed by atoms with Crippen LogP contribution in [0.3, 0.4) is 0 Å². The van der Waals surface area contributed by atoms with Crippen molar-refractivity contribution < 1.29 is 4.74 Å². The molecule has 3 N–H and O–H groups in total. The minimum absolute atomic E-state index is 0.378. The van der Waals surface area contributed by atoms with Gasteiger partial charge in [0.25, 0.3) is 0 Å². The van der Waals surface area contributed by atoms with Crippen molar-refractivity contribution in [2.75, 3.05) is 18.8 Å². The van der Waals surface area contributed by atoms with Crippen LogP contribution in [0.1, 0.15) is 24.4 Å². The molecule has 0 bridgehead atoms. The van der Waals surface area contributed by atoms with Crippen LogP contribution in [-0.2, 0) is 13.7 Å². The molecule has 0 amide bonds. The molecule has 8 nitrogen and oxygen atoms in total. The van der Waals surface area contributed by atoms with Gasteiger partial charge in [0.2, 0.25) is 0 Å². The Balaban J connectivity index is 1.51. The summed E-state index contributed by atoms with van der Waals surface area (Å²) >= 11 is 0. The lowest BCUT2D eigenvalue weighted by Gasteiger charge is -2.22. The number of piperidine rings is 1. The van der Waals surface area contributed by atoms with Crippen molar-refractivity contribution in [3.8, 4) is 16.9 Å². The third-order valence-electron chi connectivity index (χ3n) is 4.65. The second kappa shape index (κ2) is 7.17. The molecular formula is C18H23N7O. The molecule has 1 saturated heterocycles. The number of hydrogen-bond acceptors (Lipinski definition) is 6. The third-order valence-corrected chi connectivity index (χ3v) is 4.65. The molecule has 26 heavy (non-hydrogen) atoms. The molecule has 0 radical (unpaired) electrons. The Morgan fingerprint density at radius 2 is 2.00 bits per heavy atom. The smallest absolute Gasteiger partial charge is 0.166 e. The fraction of sp³-hybridized carbons (Fsp3) is 0.389. The van der Waals surface area contributed by atoms with E-state index in [9.17, 15) is 0 Å². The molecule has 0 saturated carbocycles. The number of rotatable bonds is 5. The SMILES string of the molecule is Cn1cc(COc2cc(-c3cnn(C4CCNCC4)c3)cnc2N)cn1. The van der Waals surface area contributed by atoms with E-state index in [1.54, 1.807) is 17.1 Å². The second-order valence-corrected chi connectivity index (χ2v) is 6.61. The molecular weight excluding hydrogens is 330 g/mol. The van der Waals surface area contributed by atoms with Gasteiger partial charge in [-0.25, -0.2) is 4.98 Å². The van der Waals surface area contributed by atoms with Crippen LogP contribution in [0.4, 0.5) is 5.82 Å². The number of ether oxygens (including phenoxy) is 1. The minimum atomic E-state index is 0.378. The molecule has 3 aromatic heterocycles. The lowest BCUT2D eigenvalue weighted by molar-refractivity contribution is 0.307. The monoisotopic (exact) mass is 353 g/mol. The van der Waals surface area contributed by atoms with Crippen LogP contribution >= 0.6 is 0 Å². The number of nitrogens with zero attached hydrogens (tertiary/aromatic N) is 5. The Hall–Kier alpha value is -2.87. The van der Waals surface area contributed by atoms with E-state index in [2.05, 4.69) is 31.4 Å². The Morgan fingerprint density at radius 1 is 1.15 bits per heavy atom.